The molecular formula is C22H22ClN3O3. The number of nitrogens with zero attached hydrogens (tertiary/aromatic N) is 2. The maximum Gasteiger partial charge on any atom is 0.259 e. The molecule has 3 rings (SSSR count). The number of nitrogens with one attached hydrogen (secondary N) is 1. The molecule has 1 aliphatic rings. The van der Waals surface area contributed by atoms with Crippen molar-refractivity contribution in [2.75, 3.05) is 31.7 Å². The van der Waals surface area contributed by atoms with Crippen molar-refractivity contribution < 1.29 is 14.3 Å². The summed E-state index contributed by atoms with van der Waals surface area (Å²) in [7, 11) is 1.51. The van der Waals surface area contributed by atoms with Crippen molar-refractivity contribution in [1.29, 1.82) is 0 Å². The van der Waals surface area contributed by atoms with Crippen LogP contribution in [0, 0.1) is 12.3 Å². The van der Waals surface area contributed by atoms with Crippen LogP contribution in [0.2, 0.25) is 5.02 Å². The van der Waals surface area contributed by atoms with Crippen LogP contribution in [0.1, 0.15) is 17.5 Å². The third kappa shape index (κ3) is 5.21. The predicted molar refractivity (Wildman–Crippen MR) is 115 cm³/mol. The van der Waals surface area contributed by atoms with Gasteiger partial charge in [0.2, 0.25) is 0 Å². The van der Waals surface area contributed by atoms with Gasteiger partial charge >= 0.3 is 0 Å². The van der Waals surface area contributed by atoms with E-state index in [-0.39, 0.29) is 19.1 Å². The molecule has 0 radical (unpaired) electrons. The molecule has 0 saturated carbocycles. The molecule has 0 aliphatic carbocycles. The second-order valence-corrected chi connectivity index (χ2v) is 6.88. The largest absolute Gasteiger partial charge is 0.493 e. The number of hydrogen-bond donors (Lipinski definition) is 1. The zero-order chi connectivity index (χ0) is 20.6. The third-order valence-corrected chi connectivity index (χ3v) is 4.78. The maximum atomic E-state index is 12.3. The highest BCUT2D eigenvalue weighted by molar-refractivity contribution is 6.32. The number of carbonyl (C=O) groups is 1. The Labute approximate surface area is 175 Å². The smallest absolute Gasteiger partial charge is 0.259 e. The van der Waals surface area contributed by atoms with Gasteiger partial charge in [-0.1, -0.05) is 35.7 Å². The standard InChI is InChI=1S/C22H22ClN3O3/c1-3-11-29-22-18(23)12-16(13-20(22)28-2)14-24-25-21(27)15-26-10-6-8-17-7-4-5-9-19(17)26/h1,4-5,7,9,12-14H,6,8,10-11,15H2,2H3,(H,25,27)/b24-14-. The normalized spacial score (nSPS) is 12.9. The summed E-state index contributed by atoms with van der Waals surface area (Å²) in [4.78, 5) is 14.4. The molecule has 0 unspecified atom stereocenters. The first-order valence-electron chi connectivity index (χ1n) is 9.21. The number of fused-ring (bicyclic) bond motifs is 1. The summed E-state index contributed by atoms with van der Waals surface area (Å²) in [6.07, 6.45) is 8.78. The van der Waals surface area contributed by atoms with Crippen LogP contribution in [0.25, 0.3) is 0 Å². The molecule has 2 aromatic carbocycles. The number of methoxy groups -OCH3 is 1. The molecule has 1 heterocycles. The number of benzene rings is 2. The number of amides is 1. The molecule has 0 saturated heterocycles. The number of terminal acetylenes is 1. The van der Waals surface area contributed by atoms with E-state index in [0.717, 1.165) is 25.1 Å². The van der Waals surface area contributed by atoms with Gasteiger partial charge in [0.15, 0.2) is 11.5 Å². The van der Waals surface area contributed by atoms with Crippen molar-refractivity contribution in [2.24, 2.45) is 5.10 Å². The summed E-state index contributed by atoms with van der Waals surface area (Å²) in [5.41, 5.74) is 5.59. The first kappa shape index (κ1) is 20.6. The first-order chi connectivity index (χ1) is 14.1. The highest BCUT2D eigenvalue weighted by Crippen LogP contribution is 2.36. The minimum atomic E-state index is -0.190. The molecule has 1 amide bonds. The zero-order valence-electron chi connectivity index (χ0n) is 16.2. The molecule has 0 fully saturated rings. The summed E-state index contributed by atoms with van der Waals surface area (Å²) in [6, 6.07) is 11.5. The molecule has 1 N–H and O–H groups in total. The molecule has 150 valence electrons. The summed E-state index contributed by atoms with van der Waals surface area (Å²) < 4.78 is 10.7. The fraction of sp³-hybridized carbons (Fsp3) is 0.273. The molecule has 7 heteroatoms. The SMILES string of the molecule is C#CCOc1c(Cl)cc(/C=N\NC(=O)CN2CCCc3ccccc32)cc1OC. The lowest BCUT2D eigenvalue weighted by Crippen LogP contribution is -2.38. The number of carbonyl (C=O) groups excluding carboxylic acids is 1. The number of rotatable bonds is 7. The Morgan fingerprint density at radius 2 is 2.24 bits per heavy atom. The van der Waals surface area contributed by atoms with E-state index in [1.165, 1.54) is 18.9 Å². The quantitative estimate of drug-likeness (QED) is 0.431. The van der Waals surface area contributed by atoms with Gasteiger partial charge in [-0.3, -0.25) is 4.79 Å². The van der Waals surface area contributed by atoms with E-state index in [2.05, 4.69) is 27.4 Å². The van der Waals surface area contributed by atoms with Gasteiger partial charge in [-0.25, -0.2) is 5.43 Å². The Bertz CT molecular complexity index is 953. The van der Waals surface area contributed by atoms with Crippen LogP contribution in [0.15, 0.2) is 41.5 Å². The van der Waals surface area contributed by atoms with Gasteiger partial charge in [-0.15, -0.1) is 6.42 Å². The van der Waals surface area contributed by atoms with Gasteiger partial charge in [0.1, 0.15) is 6.61 Å². The predicted octanol–water partition coefficient (Wildman–Crippen LogP) is 3.26. The Morgan fingerprint density at radius 3 is 3.03 bits per heavy atom. The molecule has 0 spiro atoms. The molecule has 2 aromatic rings. The van der Waals surface area contributed by atoms with Crippen LogP contribution in [0.4, 0.5) is 5.69 Å². The van der Waals surface area contributed by atoms with Crippen molar-refractivity contribution in [3.05, 3.63) is 52.5 Å². The maximum absolute atomic E-state index is 12.3. The lowest BCUT2D eigenvalue weighted by Gasteiger charge is -2.30. The average molecular weight is 412 g/mol. The highest BCUT2D eigenvalue weighted by Gasteiger charge is 2.18. The van der Waals surface area contributed by atoms with E-state index in [9.17, 15) is 4.79 Å². The van der Waals surface area contributed by atoms with E-state index < -0.39 is 0 Å². The van der Waals surface area contributed by atoms with Gasteiger partial charge < -0.3 is 14.4 Å². The van der Waals surface area contributed by atoms with Crippen LogP contribution in [0.5, 0.6) is 11.5 Å². The van der Waals surface area contributed by atoms with Crippen molar-refractivity contribution >= 4 is 29.4 Å². The number of ether oxygens (including phenoxy) is 2. The highest BCUT2D eigenvalue weighted by atomic mass is 35.5. The van der Waals surface area contributed by atoms with Gasteiger partial charge in [0.05, 0.1) is 24.9 Å². The minimum Gasteiger partial charge on any atom is -0.493 e. The van der Waals surface area contributed by atoms with E-state index in [1.807, 2.05) is 18.2 Å². The number of hydrazone groups is 1. The monoisotopic (exact) mass is 411 g/mol. The Morgan fingerprint density at radius 1 is 1.41 bits per heavy atom. The van der Waals surface area contributed by atoms with Crippen LogP contribution in [0.3, 0.4) is 0 Å². The molecule has 6 nitrogen and oxygen atoms in total. The Hall–Kier alpha value is -3.17. The molecule has 1 aliphatic heterocycles. The average Bonchev–Trinajstić information content (AvgIpc) is 2.73. The first-order valence-corrected chi connectivity index (χ1v) is 9.58. The molecule has 29 heavy (non-hydrogen) atoms. The summed E-state index contributed by atoms with van der Waals surface area (Å²) in [5, 5.41) is 4.38. The number of halogens is 1. The van der Waals surface area contributed by atoms with Crippen molar-refractivity contribution in [1.82, 2.24) is 5.43 Å². The van der Waals surface area contributed by atoms with Crippen LogP contribution in [-0.2, 0) is 11.2 Å². The minimum absolute atomic E-state index is 0.0825. The van der Waals surface area contributed by atoms with Gasteiger partial charge in [-0.2, -0.15) is 5.10 Å². The topological polar surface area (TPSA) is 63.2 Å². The number of aryl methyl sites for hydroxylation is 1. The van der Waals surface area contributed by atoms with Gasteiger partial charge in [-0.05, 0) is 42.2 Å². The van der Waals surface area contributed by atoms with Gasteiger partial charge in [0.25, 0.3) is 5.91 Å². The number of hydrogen-bond acceptors (Lipinski definition) is 5. The van der Waals surface area contributed by atoms with Crippen molar-refractivity contribution in [2.45, 2.75) is 12.8 Å². The lowest BCUT2D eigenvalue weighted by atomic mass is 10.0. The second-order valence-electron chi connectivity index (χ2n) is 6.47. The van der Waals surface area contributed by atoms with Crippen LogP contribution in [-0.4, -0.2) is 38.9 Å². The zero-order valence-corrected chi connectivity index (χ0v) is 16.9. The van der Waals surface area contributed by atoms with Crippen molar-refractivity contribution in [3.63, 3.8) is 0 Å². The summed E-state index contributed by atoms with van der Waals surface area (Å²) in [5.74, 6) is 3.00. The van der Waals surface area contributed by atoms with Gasteiger partial charge in [0, 0.05) is 12.2 Å². The van der Waals surface area contributed by atoms with E-state index in [1.54, 1.807) is 12.1 Å². The summed E-state index contributed by atoms with van der Waals surface area (Å²) in [6.45, 7) is 1.18. The Balaban J connectivity index is 1.62. The van der Waals surface area contributed by atoms with E-state index in [0.29, 0.717) is 22.1 Å². The van der Waals surface area contributed by atoms with Crippen LogP contribution >= 0.6 is 11.6 Å². The summed E-state index contributed by atoms with van der Waals surface area (Å²) >= 11 is 6.24. The lowest BCUT2D eigenvalue weighted by molar-refractivity contribution is -0.119. The number of anilines is 1. The van der Waals surface area contributed by atoms with Crippen LogP contribution < -0.4 is 19.8 Å². The number of para-hydroxylation sites is 1. The van der Waals surface area contributed by atoms with E-state index in [4.69, 9.17) is 27.5 Å². The fourth-order valence-electron chi connectivity index (χ4n) is 3.23. The second kappa shape index (κ2) is 9.85. The fourth-order valence-corrected chi connectivity index (χ4v) is 3.51. The Kier molecular flexibility index (Phi) is 6.99. The molecular weight excluding hydrogens is 390 g/mol. The molecule has 0 atom stereocenters. The molecule has 0 bridgehead atoms. The van der Waals surface area contributed by atoms with E-state index >= 15 is 0 Å². The van der Waals surface area contributed by atoms with Crippen molar-refractivity contribution in [3.8, 4) is 23.8 Å². The molecule has 0 aromatic heterocycles. The third-order valence-electron chi connectivity index (χ3n) is 4.50.